The Labute approximate surface area is 141 Å². The van der Waals surface area contributed by atoms with Gasteiger partial charge in [-0.05, 0) is 23.8 Å². The number of nitro groups is 2. The lowest BCUT2D eigenvalue weighted by Crippen LogP contribution is -2.31. The molecule has 2 aromatic rings. The predicted octanol–water partition coefficient (Wildman–Crippen LogP) is 2.20. The molecular formula is C15H14N4O6. The first kappa shape index (κ1) is 17.7. The second-order valence-corrected chi connectivity index (χ2v) is 4.91. The Morgan fingerprint density at radius 3 is 2.32 bits per heavy atom. The summed E-state index contributed by atoms with van der Waals surface area (Å²) >= 11 is 0. The van der Waals surface area contributed by atoms with E-state index in [-0.39, 0.29) is 12.1 Å². The molecule has 1 amide bonds. The van der Waals surface area contributed by atoms with Crippen LogP contribution in [-0.4, -0.2) is 22.9 Å². The van der Waals surface area contributed by atoms with Crippen molar-refractivity contribution in [2.24, 2.45) is 0 Å². The SMILES string of the molecule is COc1ccc(CC(=O)NNc2ccc([N+](=O)[O-])cc2[N+](=O)[O-])cc1. The van der Waals surface area contributed by atoms with Crippen molar-refractivity contribution < 1.29 is 19.4 Å². The van der Waals surface area contributed by atoms with Crippen LogP contribution in [0.1, 0.15) is 5.56 Å². The zero-order chi connectivity index (χ0) is 18.4. The Hall–Kier alpha value is -3.69. The van der Waals surface area contributed by atoms with Crippen molar-refractivity contribution in [3.8, 4) is 5.75 Å². The maximum absolute atomic E-state index is 11.9. The van der Waals surface area contributed by atoms with Gasteiger partial charge in [-0.25, -0.2) is 0 Å². The molecule has 0 atom stereocenters. The summed E-state index contributed by atoms with van der Waals surface area (Å²) in [4.78, 5) is 32.1. The average molecular weight is 346 g/mol. The number of rotatable bonds is 7. The average Bonchev–Trinajstić information content (AvgIpc) is 2.60. The number of hydrazine groups is 1. The van der Waals surface area contributed by atoms with E-state index in [0.717, 1.165) is 23.8 Å². The largest absolute Gasteiger partial charge is 0.497 e. The molecule has 2 N–H and O–H groups in total. The molecule has 0 spiro atoms. The molecule has 2 aromatic carbocycles. The van der Waals surface area contributed by atoms with Crippen LogP contribution in [0.5, 0.6) is 5.75 Å². The number of nitrogens with one attached hydrogen (secondary N) is 2. The number of nitrogens with zero attached hydrogens (tertiary/aromatic N) is 2. The second-order valence-electron chi connectivity index (χ2n) is 4.91. The van der Waals surface area contributed by atoms with Crippen LogP contribution in [0, 0.1) is 20.2 Å². The number of nitro benzene ring substituents is 2. The van der Waals surface area contributed by atoms with E-state index in [1.54, 1.807) is 24.3 Å². The first-order valence-electron chi connectivity index (χ1n) is 7.01. The maximum atomic E-state index is 11.9. The van der Waals surface area contributed by atoms with Gasteiger partial charge in [0.25, 0.3) is 5.69 Å². The second kappa shape index (κ2) is 7.73. The van der Waals surface area contributed by atoms with E-state index in [1.807, 2.05) is 0 Å². The fraction of sp³-hybridized carbons (Fsp3) is 0.133. The number of carbonyl (C=O) groups excluding carboxylic acids is 1. The van der Waals surface area contributed by atoms with Crippen LogP contribution in [0.3, 0.4) is 0 Å². The quantitative estimate of drug-likeness (QED) is 0.579. The summed E-state index contributed by atoms with van der Waals surface area (Å²) in [6.45, 7) is 0. The molecule has 0 fully saturated rings. The molecule has 0 aliphatic rings. The van der Waals surface area contributed by atoms with Gasteiger partial charge in [0.15, 0.2) is 0 Å². The summed E-state index contributed by atoms with van der Waals surface area (Å²) in [5.74, 6) is 0.224. The van der Waals surface area contributed by atoms with E-state index < -0.39 is 27.1 Å². The molecule has 0 aliphatic carbocycles. The Bertz CT molecular complexity index is 806. The van der Waals surface area contributed by atoms with Crippen LogP contribution >= 0.6 is 0 Å². The number of methoxy groups -OCH3 is 1. The zero-order valence-corrected chi connectivity index (χ0v) is 13.1. The minimum absolute atomic E-state index is 0.0395. The Kier molecular flexibility index (Phi) is 5.46. The van der Waals surface area contributed by atoms with E-state index in [1.165, 1.54) is 7.11 Å². The number of hydrogen-bond donors (Lipinski definition) is 2. The third-order valence-electron chi connectivity index (χ3n) is 3.25. The molecule has 0 aliphatic heterocycles. The number of anilines is 1. The lowest BCUT2D eigenvalue weighted by atomic mass is 10.1. The molecule has 0 saturated carbocycles. The van der Waals surface area contributed by atoms with Crippen molar-refractivity contribution in [1.29, 1.82) is 0 Å². The minimum atomic E-state index is -0.773. The molecule has 0 saturated heterocycles. The lowest BCUT2D eigenvalue weighted by molar-refractivity contribution is -0.393. The molecule has 10 nitrogen and oxygen atoms in total. The van der Waals surface area contributed by atoms with Crippen LogP contribution in [0.2, 0.25) is 0 Å². The topological polar surface area (TPSA) is 137 Å². The molecule has 130 valence electrons. The van der Waals surface area contributed by atoms with Crippen LogP contribution in [0.15, 0.2) is 42.5 Å². The summed E-state index contributed by atoms with van der Waals surface area (Å²) in [6.07, 6.45) is 0.0395. The van der Waals surface area contributed by atoms with Crippen molar-refractivity contribution in [3.63, 3.8) is 0 Å². The maximum Gasteiger partial charge on any atom is 0.300 e. The fourth-order valence-electron chi connectivity index (χ4n) is 2.00. The van der Waals surface area contributed by atoms with E-state index in [9.17, 15) is 25.0 Å². The van der Waals surface area contributed by atoms with Gasteiger partial charge in [-0.15, -0.1) is 0 Å². The third kappa shape index (κ3) is 4.64. The molecule has 2 rings (SSSR count). The van der Waals surface area contributed by atoms with Gasteiger partial charge < -0.3 is 4.74 Å². The standard InChI is InChI=1S/C15H14N4O6/c1-25-12-5-2-10(3-6-12)8-15(20)17-16-13-7-4-11(18(21)22)9-14(13)19(23)24/h2-7,9,16H,8H2,1H3,(H,17,20). The summed E-state index contributed by atoms with van der Waals surface area (Å²) in [5, 5.41) is 21.7. The van der Waals surface area contributed by atoms with Crippen LogP contribution in [0.4, 0.5) is 17.1 Å². The number of amides is 1. The molecule has 0 radical (unpaired) electrons. The minimum Gasteiger partial charge on any atom is -0.497 e. The molecule has 10 heteroatoms. The summed E-state index contributed by atoms with van der Waals surface area (Å²) < 4.78 is 5.02. The summed E-state index contributed by atoms with van der Waals surface area (Å²) in [7, 11) is 1.53. The highest BCUT2D eigenvalue weighted by molar-refractivity contribution is 5.80. The summed E-state index contributed by atoms with van der Waals surface area (Å²) in [6, 6.07) is 9.92. The molecule has 0 unspecified atom stereocenters. The third-order valence-corrected chi connectivity index (χ3v) is 3.25. The molecule has 0 aromatic heterocycles. The van der Waals surface area contributed by atoms with Crippen molar-refractivity contribution in [2.45, 2.75) is 6.42 Å². The van der Waals surface area contributed by atoms with Gasteiger partial charge in [0, 0.05) is 6.07 Å². The van der Waals surface area contributed by atoms with Gasteiger partial charge in [-0.1, -0.05) is 12.1 Å². The number of non-ortho nitro benzene ring substituents is 1. The molecule has 0 bridgehead atoms. The highest BCUT2D eigenvalue weighted by atomic mass is 16.6. The van der Waals surface area contributed by atoms with E-state index in [0.29, 0.717) is 5.75 Å². The van der Waals surface area contributed by atoms with Gasteiger partial charge >= 0.3 is 5.69 Å². The molecule has 25 heavy (non-hydrogen) atoms. The summed E-state index contributed by atoms with van der Waals surface area (Å²) in [5.41, 5.74) is 4.47. The number of carbonyl (C=O) groups is 1. The van der Waals surface area contributed by atoms with Gasteiger partial charge in [-0.2, -0.15) is 0 Å². The molecule has 0 heterocycles. The van der Waals surface area contributed by atoms with Crippen LogP contribution < -0.4 is 15.6 Å². The number of benzene rings is 2. The van der Waals surface area contributed by atoms with E-state index in [2.05, 4.69) is 10.9 Å². The normalized spacial score (nSPS) is 9.96. The van der Waals surface area contributed by atoms with Gasteiger partial charge in [0.2, 0.25) is 5.91 Å². The van der Waals surface area contributed by atoms with Gasteiger partial charge in [0.05, 0.1) is 29.4 Å². The first-order chi connectivity index (χ1) is 11.9. The zero-order valence-electron chi connectivity index (χ0n) is 13.1. The fourth-order valence-corrected chi connectivity index (χ4v) is 2.00. The van der Waals surface area contributed by atoms with Crippen molar-refractivity contribution in [2.75, 3.05) is 12.5 Å². The van der Waals surface area contributed by atoms with Crippen molar-refractivity contribution in [3.05, 3.63) is 68.3 Å². The monoisotopic (exact) mass is 346 g/mol. The number of hydrogen-bond acceptors (Lipinski definition) is 7. The Morgan fingerprint density at radius 1 is 1.08 bits per heavy atom. The van der Waals surface area contributed by atoms with Crippen molar-refractivity contribution in [1.82, 2.24) is 5.43 Å². The van der Waals surface area contributed by atoms with E-state index >= 15 is 0 Å². The van der Waals surface area contributed by atoms with Gasteiger partial charge in [0.1, 0.15) is 11.4 Å². The Morgan fingerprint density at radius 2 is 1.76 bits per heavy atom. The highest BCUT2D eigenvalue weighted by Crippen LogP contribution is 2.28. The predicted molar refractivity (Wildman–Crippen MR) is 88.2 cm³/mol. The molecular weight excluding hydrogens is 332 g/mol. The van der Waals surface area contributed by atoms with Gasteiger partial charge in [-0.3, -0.25) is 35.9 Å². The first-order valence-corrected chi connectivity index (χ1v) is 7.01. The number of ether oxygens (including phenoxy) is 1. The van der Waals surface area contributed by atoms with Crippen molar-refractivity contribution >= 4 is 23.0 Å². The smallest absolute Gasteiger partial charge is 0.300 e. The van der Waals surface area contributed by atoms with E-state index in [4.69, 9.17) is 4.74 Å². The highest BCUT2D eigenvalue weighted by Gasteiger charge is 2.19. The Balaban J connectivity index is 2.03. The van der Waals surface area contributed by atoms with Crippen LogP contribution in [-0.2, 0) is 11.2 Å². The lowest BCUT2D eigenvalue weighted by Gasteiger charge is -2.09. The van der Waals surface area contributed by atoms with Crippen LogP contribution in [0.25, 0.3) is 0 Å².